The van der Waals surface area contributed by atoms with E-state index in [-0.39, 0.29) is 0 Å². The molecule has 112 valence electrons. The highest BCUT2D eigenvalue weighted by atomic mass is 35.5. The summed E-state index contributed by atoms with van der Waals surface area (Å²) in [6.45, 7) is -1.28. The first-order valence-electron chi connectivity index (χ1n) is 6.20. The molecule has 2 aromatic carbocycles. The van der Waals surface area contributed by atoms with E-state index in [2.05, 4.69) is 0 Å². The normalized spacial score (nSPS) is 13.2. The highest BCUT2D eigenvalue weighted by Gasteiger charge is 2.38. The fourth-order valence-electron chi connectivity index (χ4n) is 1.79. The Hall–Kier alpha value is -1.14. The average Bonchev–Trinajstić information content (AvgIpc) is 2.49. The fourth-order valence-corrected chi connectivity index (χ4v) is 2.90. The molecule has 0 saturated heterocycles. The topological polar surface area (TPSA) is 46.2 Å². The Morgan fingerprint density at radius 2 is 1.76 bits per heavy atom. The van der Waals surface area contributed by atoms with Crippen LogP contribution in [0.3, 0.4) is 0 Å². The van der Waals surface area contributed by atoms with Crippen molar-refractivity contribution < 1.29 is 13.9 Å². The zero-order valence-electron chi connectivity index (χ0n) is 11.0. The fraction of sp³-hybridized carbons (Fsp3) is 0.200. The van der Waals surface area contributed by atoms with Gasteiger partial charge in [0.15, 0.2) is 0 Å². The second-order valence-electron chi connectivity index (χ2n) is 4.49. The quantitative estimate of drug-likeness (QED) is 0.867. The molecule has 0 amide bonds. The van der Waals surface area contributed by atoms with Gasteiger partial charge >= 0.3 is 0 Å². The highest BCUT2D eigenvalue weighted by molar-refractivity contribution is 7.99. The van der Waals surface area contributed by atoms with Crippen molar-refractivity contribution in [1.29, 1.82) is 0 Å². The van der Waals surface area contributed by atoms with E-state index in [0.29, 0.717) is 15.5 Å². The van der Waals surface area contributed by atoms with Crippen molar-refractivity contribution in [2.75, 3.05) is 6.61 Å². The summed E-state index contributed by atoms with van der Waals surface area (Å²) in [7, 11) is 0. The van der Waals surface area contributed by atoms with Crippen molar-refractivity contribution in [3.05, 3.63) is 59.1 Å². The van der Waals surface area contributed by atoms with Crippen LogP contribution in [0.1, 0.15) is 11.6 Å². The zero-order chi connectivity index (χ0) is 15.5. The van der Waals surface area contributed by atoms with Crippen molar-refractivity contribution in [3.63, 3.8) is 0 Å². The molecule has 0 spiro atoms. The van der Waals surface area contributed by atoms with Crippen LogP contribution in [0.5, 0.6) is 0 Å². The molecule has 6 heteroatoms. The Labute approximate surface area is 130 Å². The van der Waals surface area contributed by atoms with E-state index in [0.717, 1.165) is 4.90 Å². The lowest BCUT2D eigenvalue weighted by Gasteiger charge is -2.23. The van der Waals surface area contributed by atoms with E-state index in [1.54, 1.807) is 48.5 Å². The van der Waals surface area contributed by atoms with Crippen LogP contribution in [-0.2, 0) is 0 Å². The molecule has 0 aliphatic rings. The molecule has 0 radical (unpaired) electrons. The molecule has 0 aliphatic heterocycles. The van der Waals surface area contributed by atoms with Crippen molar-refractivity contribution in [3.8, 4) is 0 Å². The van der Waals surface area contributed by atoms with Crippen LogP contribution >= 0.6 is 23.4 Å². The Bertz CT molecular complexity index is 607. The average molecular weight is 330 g/mol. The largest absolute Gasteiger partial charge is 0.390 e. The summed E-state index contributed by atoms with van der Waals surface area (Å²) in [6.07, 6.45) is 0. The van der Waals surface area contributed by atoms with E-state index < -0.39 is 18.6 Å². The molecule has 21 heavy (non-hydrogen) atoms. The molecule has 1 atom stereocenters. The summed E-state index contributed by atoms with van der Waals surface area (Å²) in [4.78, 5) is 1.49. The molecular weight excluding hydrogens is 316 g/mol. The van der Waals surface area contributed by atoms with Crippen molar-refractivity contribution >= 4 is 23.4 Å². The molecule has 0 heterocycles. The third kappa shape index (κ3) is 3.95. The molecular formula is C15H14ClF2NOS. The summed E-state index contributed by atoms with van der Waals surface area (Å²) >= 11 is 7.14. The first-order chi connectivity index (χ1) is 9.94. The predicted molar refractivity (Wildman–Crippen MR) is 81.0 cm³/mol. The van der Waals surface area contributed by atoms with Crippen LogP contribution in [0.15, 0.2) is 58.3 Å². The molecule has 0 aliphatic carbocycles. The van der Waals surface area contributed by atoms with Gasteiger partial charge in [0, 0.05) is 14.8 Å². The number of benzene rings is 2. The first-order valence-corrected chi connectivity index (χ1v) is 7.40. The van der Waals surface area contributed by atoms with Gasteiger partial charge in [0.2, 0.25) is 0 Å². The summed E-state index contributed by atoms with van der Waals surface area (Å²) < 4.78 is 27.2. The Kier molecular flexibility index (Phi) is 5.22. The number of nitrogens with two attached hydrogens (primary N) is 1. The number of halogens is 3. The van der Waals surface area contributed by atoms with E-state index in [1.165, 1.54) is 11.8 Å². The molecule has 2 nitrogen and oxygen atoms in total. The van der Waals surface area contributed by atoms with Gasteiger partial charge in [0.1, 0.15) is 6.61 Å². The van der Waals surface area contributed by atoms with E-state index in [4.69, 9.17) is 22.4 Å². The smallest absolute Gasteiger partial charge is 0.289 e. The maximum Gasteiger partial charge on any atom is 0.289 e. The van der Waals surface area contributed by atoms with Gasteiger partial charge in [-0.05, 0) is 35.9 Å². The number of aliphatic hydroxyl groups is 1. The van der Waals surface area contributed by atoms with Gasteiger partial charge in [-0.15, -0.1) is 0 Å². The van der Waals surface area contributed by atoms with E-state index in [1.807, 2.05) is 0 Å². The van der Waals surface area contributed by atoms with Crippen molar-refractivity contribution in [2.24, 2.45) is 5.73 Å². The lowest BCUT2D eigenvalue weighted by atomic mass is 10.0. The minimum atomic E-state index is -3.36. The van der Waals surface area contributed by atoms with Crippen LogP contribution < -0.4 is 5.73 Å². The van der Waals surface area contributed by atoms with E-state index >= 15 is 0 Å². The molecule has 0 bridgehead atoms. The third-order valence-electron chi connectivity index (χ3n) is 2.96. The molecule has 3 N–H and O–H groups in total. The molecule has 0 saturated carbocycles. The summed E-state index contributed by atoms with van der Waals surface area (Å²) in [5.74, 6) is -3.36. The van der Waals surface area contributed by atoms with Gasteiger partial charge in [-0.3, -0.25) is 0 Å². The summed E-state index contributed by atoms with van der Waals surface area (Å²) in [5, 5.41) is 9.39. The number of hydrogen-bond acceptors (Lipinski definition) is 3. The first kappa shape index (κ1) is 16.2. The Morgan fingerprint density at radius 3 is 2.38 bits per heavy atom. The highest BCUT2D eigenvalue weighted by Crippen LogP contribution is 2.37. The predicted octanol–water partition coefficient (Wildman–Crippen LogP) is 4.12. The number of alkyl halides is 2. The van der Waals surface area contributed by atoms with Crippen LogP contribution in [0.4, 0.5) is 8.78 Å². The zero-order valence-corrected chi connectivity index (χ0v) is 12.5. The lowest BCUT2D eigenvalue weighted by Crippen LogP contribution is -2.36. The van der Waals surface area contributed by atoms with Gasteiger partial charge in [0.05, 0.1) is 6.04 Å². The molecule has 2 rings (SSSR count). The van der Waals surface area contributed by atoms with Gasteiger partial charge < -0.3 is 10.8 Å². The van der Waals surface area contributed by atoms with Gasteiger partial charge in [-0.25, -0.2) is 8.78 Å². The molecule has 0 unspecified atom stereocenters. The van der Waals surface area contributed by atoms with Gasteiger partial charge in [-0.1, -0.05) is 41.6 Å². The summed E-state index contributed by atoms with van der Waals surface area (Å²) in [6, 6.07) is 12.2. The standard InChI is InChI=1S/C15H14ClF2NOS/c16-10-5-7-11(8-6-10)21-13-4-2-1-3-12(13)14(19)15(17,18)9-20/h1-8,14,20H,9,19H2/t14-/m0/s1. The van der Waals surface area contributed by atoms with Crippen LogP contribution in [0, 0.1) is 0 Å². The third-order valence-corrected chi connectivity index (χ3v) is 4.31. The summed E-state index contributed by atoms with van der Waals surface area (Å²) in [5.41, 5.74) is 5.92. The lowest BCUT2D eigenvalue weighted by molar-refractivity contribution is -0.0717. The Morgan fingerprint density at radius 1 is 1.14 bits per heavy atom. The van der Waals surface area contributed by atoms with Crippen LogP contribution in [-0.4, -0.2) is 17.6 Å². The SMILES string of the molecule is N[C@@H](c1ccccc1Sc1ccc(Cl)cc1)C(F)(F)CO. The number of aliphatic hydroxyl groups excluding tert-OH is 1. The van der Waals surface area contributed by atoms with Gasteiger partial charge in [0.25, 0.3) is 5.92 Å². The number of hydrogen-bond donors (Lipinski definition) is 2. The molecule has 0 fully saturated rings. The monoisotopic (exact) mass is 329 g/mol. The van der Waals surface area contributed by atoms with Crippen LogP contribution in [0.2, 0.25) is 5.02 Å². The molecule has 2 aromatic rings. The minimum absolute atomic E-state index is 0.302. The van der Waals surface area contributed by atoms with Gasteiger partial charge in [-0.2, -0.15) is 0 Å². The van der Waals surface area contributed by atoms with Crippen molar-refractivity contribution in [2.45, 2.75) is 21.8 Å². The number of rotatable bonds is 5. The maximum absolute atomic E-state index is 13.6. The maximum atomic E-state index is 13.6. The molecule has 0 aromatic heterocycles. The van der Waals surface area contributed by atoms with E-state index in [9.17, 15) is 8.78 Å². The van der Waals surface area contributed by atoms with Crippen molar-refractivity contribution in [1.82, 2.24) is 0 Å². The van der Waals surface area contributed by atoms with Crippen LogP contribution in [0.25, 0.3) is 0 Å². The Balaban J connectivity index is 2.31. The minimum Gasteiger partial charge on any atom is -0.390 e. The second-order valence-corrected chi connectivity index (χ2v) is 6.04. The second kappa shape index (κ2) is 6.75.